The summed E-state index contributed by atoms with van der Waals surface area (Å²) in [6.45, 7) is 7.38. The first-order valence-corrected chi connectivity index (χ1v) is 7.32. The molecule has 20 heavy (non-hydrogen) atoms. The zero-order valence-corrected chi connectivity index (χ0v) is 13.6. The van der Waals surface area contributed by atoms with Crippen LogP contribution in [0.5, 0.6) is 0 Å². The lowest BCUT2D eigenvalue weighted by atomic mass is 10.1. The van der Waals surface area contributed by atoms with Crippen LogP contribution in [0.2, 0.25) is 0 Å². The van der Waals surface area contributed by atoms with E-state index in [1.807, 2.05) is 11.6 Å². The monoisotopic (exact) mass is 296 g/mol. The van der Waals surface area contributed by atoms with E-state index in [4.69, 9.17) is 18.0 Å². The highest BCUT2D eigenvalue weighted by molar-refractivity contribution is 7.80. The van der Waals surface area contributed by atoms with Gasteiger partial charge in [0.15, 0.2) is 0 Å². The number of rotatable bonds is 7. The van der Waals surface area contributed by atoms with Gasteiger partial charge in [0.05, 0.1) is 10.7 Å². The van der Waals surface area contributed by atoms with Crippen LogP contribution in [-0.2, 0) is 17.8 Å². The van der Waals surface area contributed by atoms with E-state index in [0.717, 1.165) is 17.8 Å². The normalized spacial score (nSPS) is 10.6. The summed E-state index contributed by atoms with van der Waals surface area (Å²) in [7, 11) is 1.78. The van der Waals surface area contributed by atoms with Crippen LogP contribution in [-0.4, -0.2) is 39.2 Å². The van der Waals surface area contributed by atoms with Crippen molar-refractivity contribution in [2.75, 3.05) is 13.6 Å². The van der Waals surface area contributed by atoms with Gasteiger partial charge in [0, 0.05) is 38.7 Å². The van der Waals surface area contributed by atoms with Gasteiger partial charge >= 0.3 is 0 Å². The third-order valence-corrected chi connectivity index (χ3v) is 3.75. The van der Waals surface area contributed by atoms with Gasteiger partial charge in [-0.1, -0.05) is 19.1 Å². The minimum Gasteiger partial charge on any atom is -0.393 e. The summed E-state index contributed by atoms with van der Waals surface area (Å²) in [4.78, 5) is 14.1. The van der Waals surface area contributed by atoms with Crippen molar-refractivity contribution in [1.29, 1.82) is 0 Å². The molecule has 1 aromatic heterocycles. The van der Waals surface area contributed by atoms with Crippen molar-refractivity contribution in [2.45, 2.75) is 46.6 Å². The maximum Gasteiger partial charge on any atom is 0.224 e. The molecular formula is C14H24N4OS. The van der Waals surface area contributed by atoms with Crippen LogP contribution in [0.15, 0.2) is 0 Å². The largest absolute Gasteiger partial charge is 0.393 e. The third kappa shape index (κ3) is 4.30. The number of thiocarbonyl (C=S) groups is 1. The van der Waals surface area contributed by atoms with Crippen LogP contribution in [0.25, 0.3) is 0 Å². The van der Waals surface area contributed by atoms with Crippen LogP contribution in [0.3, 0.4) is 0 Å². The molecule has 0 bridgehead atoms. The quantitative estimate of drug-likeness (QED) is 0.776. The second-order valence-corrected chi connectivity index (χ2v) is 5.53. The Morgan fingerprint density at radius 1 is 1.40 bits per heavy atom. The summed E-state index contributed by atoms with van der Waals surface area (Å²) in [5, 5.41) is 4.49. The summed E-state index contributed by atoms with van der Waals surface area (Å²) in [5.74, 6) is 0.0897. The van der Waals surface area contributed by atoms with Gasteiger partial charge in [-0.15, -0.1) is 0 Å². The number of aromatic nitrogens is 2. The number of carbonyl (C=O) groups is 1. The minimum absolute atomic E-state index is 0.0897. The Hall–Kier alpha value is -1.43. The maximum atomic E-state index is 12.0. The van der Waals surface area contributed by atoms with Crippen LogP contribution in [0.4, 0.5) is 0 Å². The summed E-state index contributed by atoms with van der Waals surface area (Å²) < 4.78 is 1.92. The second-order valence-electron chi connectivity index (χ2n) is 5.01. The Kier molecular flexibility index (Phi) is 6.13. The van der Waals surface area contributed by atoms with Crippen molar-refractivity contribution in [3.8, 4) is 0 Å². The smallest absolute Gasteiger partial charge is 0.224 e. The topological polar surface area (TPSA) is 64.2 Å². The van der Waals surface area contributed by atoms with Crippen LogP contribution >= 0.6 is 12.2 Å². The predicted molar refractivity (Wildman–Crippen MR) is 84.7 cm³/mol. The Bertz CT molecular complexity index is 496. The van der Waals surface area contributed by atoms with Crippen molar-refractivity contribution >= 4 is 23.1 Å². The van der Waals surface area contributed by atoms with E-state index < -0.39 is 0 Å². The number of amides is 1. The van der Waals surface area contributed by atoms with E-state index in [9.17, 15) is 4.79 Å². The molecule has 1 heterocycles. The van der Waals surface area contributed by atoms with Gasteiger partial charge in [0.1, 0.15) is 0 Å². The van der Waals surface area contributed by atoms with E-state index in [2.05, 4.69) is 18.9 Å². The molecule has 1 rings (SSSR count). The van der Waals surface area contributed by atoms with E-state index in [-0.39, 0.29) is 5.91 Å². The van der Waals surface area contributed by atoms with Crippen molar-refractivity contribution < 1.29 is 4.79 Å². The molecule has 0 atom stereocenters. The average Bonchev–Trinajstić information content (AvgIpc) is 2.67. The summed E-state index contributed by atoms with van der Waals surface area (Å²) in [5.41, 5.74) is 8.93. The van der Waals surface area contributed by atoms with Gasteiger partial charge in [0.2, 0.25) is 5.91 Å². The lowest BCUT2D eigenvalue weighted by molar-refractivity contribution is -0.130. The summed E-state index contributed by atoms with van der Waals surface area (Å²) in [6.07, 6.45) is 1.98. The van der Waals surface area contributed by atoms with Gasteiger partial charge < -0.3 is 10.6 Å². The highest BCUT2D eigenvalue weighted by Crippen LogP contribution is 2.14. The summed E-state index contributed by atoms with van der Waals surface area (Å²) >= 11 is 4.81. The zero-order chi connectivity index (χ0) is 15.3. The first-order chi connectivity index (χ1) is 9.36. The molecular weight excluding hydrogens is 272 g/mol. The Morgan fingerprint density at radius 2 is 2.05 bits per heavy atom. The molecule has 0 aromatic carbocycles. The van der Waals surface area contributed by atoms with Gasteiger partial charge in [-0.2, -0.15) is 5.10 Å². The zero-order valence-electron chi connectivity index (χ0n) is 12.8. The number of hydrogen-bond donors (Lipinski definition) is 1. The molecule has 2 N–H and O–H groups in total. The number of aryl methyl sites for hydroxylation is 2. The maximum absolute atomic E-state index is 12.0. The summed E-state index contributed by atoms with van der Waals surface area (Å²) in [6, 6.07) is 0. The first kappa shape index (κ1) is 16.6. The molecule has 0 spiro atoms. The van der Waals surface area contributed by atoms with Crippen LogP contribution in [0.1, 0.15) is 36.7 Å². The fourth-order valence-corrected chi connectivity index (χ4v) is 2.35. The Balaban J connectivity index is 2.54. The average molecular weight is 296 g/mol. The van der Waals surface area contributed by atoms with Crippen LogP contribution in [0, 0.1) is 13.8 Å². The molecule has 0 saturated heterocycles. The molecule has 0 aliphatic heterocycles. The Labute approximate surface area is 126 Å². The second kappa shape index (κ2) is 7.38. The van der Waals surface area contributed by atoms with Gasteiger partial charge in [0.25, 0.3) is 0 Å². The molecule has 0 radical (unpaired) electrons. The lowest BCUT2D eigenvalue weighted by Crippen LogP contribution is -2.30. The van der Waals surface area contributed by atoms with Gasteiger partial charge in [-0.05, 0) is 25.8 Å². The molecule has 1 amide bonds. The minimum atomic E-state index is 0.0897. The molecule has 5 nitrogen and oxygen atoms in total. The fourth-order valence-electron chi connectivity index (χ4n) is 2.26. The molecule has 112 valence electrons. The molecule has 0 aliphatic carbocycles. The standard InChI is InChI=1S/C14H24N4OS/c1-5-12-10(2)16-18(11(12)3)9-7-14(19)17(4)8-6-13(15)20/h5-9H2,1-4H3,(H2,15,20). The molecule has 0 fully saturated rings. The van der Waals surface area contributed by atoms with E-state index in [1.54, 1.807) is 11.9 Å². The van der Waals surface area contributed by atoms with Crippen molar-refractivity contribution in [3.63, 3.8) is 0 Å². The molecule has 6 heteroatoms. The van der Waals surface area contributed by atoms with Gasteiger partial charge in [-0.25, -0.2) is 0 Å². The lowest BCUT2D eigenvalue weighted by Gasteiger charge is -2.17. The molecule has 0 aliphatic rings. The number of carbonyl (C=O) groups excluding carboxylic acids is 1. The third-order valence-electron chi connectivity index (χ3n) is 3.54. The number of hydrogen-bond acceptors (Lipinski definition) is 3. The predicted octanol–water partition coefficient (Wildman–Crippen LogP) is 1.59. The fraction of sp³-hybridized carbons (Fsp3) is 0.643. The van der Waals surface area contributed by atoms with E-state index in [0.29, 0.717) is 30.9 Å². The highest BCUT2D eigenvalue weighted by Gasteiger charge is 2.13. The van der Waals surface area contributed by atoms with E-state index in [1.165, 1.54) is 5.56 Å². The number of nitrogens with zero attached hydrogens (tertiary/aromatic N) is 3. The first-order valence-electron chi connectivity index (χ1n) is 6.92. The Morgan fingerprint density at radius 3 is 2.55 bits per heavy atom. The molecule has 1 aromatic rings. The highest BCUT2D eigenvalue weighted by atomic mass is 32.1. The number of nitrogens with two attached hydrogens (primary N) is 1. The van der Waals surface area contributed by atoms with E-state index >= 15 is 0 Å². The van der Waals surface area contributed by atoms with Crippen molar-refractivity contribution in [3.05, 3.63) is 17.0 Å². The van der Waals surface area contributed by atoms with Crippen LogP contribution < -0.4 is 5.73 Å². The van der Waals surface area contributed by atoms with Crippen molar-refractivity contribution in [1.82, 2.24) is 14.7 Å². The SMILES string of the molecule is CCc1c(C)nn(CCC(=O)N(C)CCC(N)=S)c1C. The molecule has 0 unspecified atom stereocenters. The van der Waals surface area contributed by atoms with Gasteiger partial charge in [-0.3, -0.25) is 9.48 Å². The van der Waals surface area contributed by atoms with Crippen molar-refractivity contribution in [2.24, 2.45) is 5.73 Å². The molecule has 0 saturated carbocycles.